The molecule has 1 aromatic heterocycles. The minimum atomic E-state index is 0.0441. The Morgan fingerprint density at radius 3 is 2.65 bits per heavy atom. The molecular formula is C16H19NO2S. The summed E-state index contributed by atoms with van der Waals surface area (Å²) in [4.78, 5) is 15.4. The smallest absolute Gasteiger partial charge is 0.263 e. The number of amides is 1. The van der Waals surface area contributed by atoms with Crippen LogP contribution >= 0.6 is 11.3 Å². The van der Waals surface area contributed by atoms with Crippen molar-refractivity contribution < 1.29 is 9.53 Å². The van der Waals surface area contributed by atoms with Crippen LogP contribution in [0.4, 0.5) is 0 Å². The molecule has 0 aliphatic carbocycles. The van der Waals surface area contributed by atoms with Crippen molar-refractivity contribution >= 4 is 17.2 Å². The third-order valence-electron chi connectivity index (χ3n) is 3.22. The second-order valence-electron chi connectivity index (χ2n) is 4.87. The van der Waals surface area contributed by atoms with E-state index in [1.54, 1.807) is 26.1 Å². The monoisotopic (exact) mass is 289 g/mol. The molecule has 0 aliphatic rings. The molecule has 20 heavy (non-hydrogen) atoms. The first-order valence-corrected chi connectivity index (χ1v) is 7.29. The fourth-order valence-corrected chi connectivity index (χ4v) is 2.93. The molecule has 0 bridgehead atoms. The predicted molar refractivity (Wildman–Crippen MR) is 83.2 cm³/mol. The van der Waals surface area contributed by atoms with Crippen LogP contribution in [0.25, 0.3) is 10.4 Å². The fraction of sp³-hybridized carbons (Fsp3) is 0.312. The molecule has 0 saturated heterocycles. The van der Waals surface area contributed by atoms with Gasteiger partial charge in [0.05, 0.1) is 11.0 Å². The predicted octanol–water partition coefficient (Wildman–Crippen LogP) is 3.82. The van der Waals surface area contributed by atoms with Gasteiger partial charge in [0, 0.05) is 26.1 Å². The molecule has 0 spiro atoms. The van der Waals surface area contributed by atoms with Crippen molar-refractivity contribution in [3.8, 4) is 10.4 Å². The van der Waals surface area contributed by atoms with Crippen LogP contribution < -0.4 is 0 Å². The van der Waals surface area contributed by atoms with Crippen LogP contribution in [-0.4, -0.2) is 32.0 Å². The van der Waals surface area contributed by atoms with Gasteiger partial charge >= 0.3 is 0 Å². The summed E-state index contributed by atoms with van der Waals surface area (Å²) >= 11 is 1.52. The van der Waals surface area contributed by atoms with Crippen molar-refractivity contribution in [2.24, 2.45) is 0 Å². The number of methoxy groups -OCH3 is 1. The molecule has 1 aromatic carbocycles. The fourth-order valence-electron chi connectivity index (χ4n) is 1.91. The van der Waals surface area contributed by atoms with Crippen LogP contribution in [0.15, 0.2) is 36.4 Å². The molecule has 0 N–H and O–H groups in total. The first-order valence-electron chi connectivity index (χ1n) is 6.47. The van der Waals surface area contributed by atoms with Crippen LogP contribution in [0.2, 0.25) is 0 Å². The molecule has 1 heterocycles. The Bertz CT molecular complexity index is 604. The normalized spacial score (nSPS) is 12.2. The van der Waals surface area contributed by atoms with E-state index in [2.05, 4.69) is 18.2 Å². The van der Waals surface area contributed by atoms with E-state index in [4.69, 9.17) is 4.74 Å². The van der Waals surface area contributed by atoms with Crippen molar-refractivity contribution in [3.63, 3.8) is 0 Å². The SMILES string of the molecule is COC(C)c1cccc(-c2ccc(C(=O)N(C)C)s2)c1. The summed E-state index contributed by atoms with van der Waals surface area (Å²) in [6.45, 7) is 2.02. The summed E-state index contributed by atoms with van der Waals surface area (Å²) < 4.78 is 5.34. The van der Waals surface area contributed by atoms with E-state index in [0.717, 1.165) is 20.9 Å². The summed E-state index contributed by atoms with van der Waals surface area (Å²) in [5, 5.41) is 0. The van der Waals surface area contributed by atoms with E-state index >= 15 is 0 Å². The molecule has 106 valence electrons. The third-order valence-corrected chi connectivity index (χ3v) is 4.34. The number of thiophene rings is 1. The van der Waals surface area contributed by atoms with E-state index in [-0.39, 0.29) is 12.0 Å². The molecule has 0 saturated carbocycles. The minimum Gasteiger partial charge on any atom is -0.377 e. The van der Waals surface area contributed by atoms with Gasteiger partial charge in [0.2, 0.25) is 0 Å². The van der Waals surface area contributed by atoms with Crippen molar-refractivity contribution in [2.45, 2.75) is 13.0 Å². The van der Waals surface area contributed by atoms with Crippen LogP contribution in [0.1, 0.15) is 28.3 Å². The van der Waals surface area contributed by atoms with Gasteiger partial charge in [-0.15, -0.1) is 11.3 Å². The van der Waals surface area contributed by atoms with E-state index in [0.29, 0.717) is 0 Å². The summed E-state index contributed by atoms with van der Waals surface area (Å²) in [6.07, 6.45) is 0.0674. The summed E-state index contributed by atoms with van der Waals surface area (Å²) in [5.41, 5.74) is 2.26. The summed E-state index contributed by atoms with van der Waals surface area (Å²) in [5.74, 6) is 0.0441. The Morgan fingerprint density at radius 2 is 2.00 bits per heavy atom. The second kappa shape index (κ2) is 6.20. The molecule has 1 amide bonds. The van der Waals surface area contributed by atoms with Crippen molar-refractivity contribution in [2.75, 3.05) is 21.2 Å². The topological polar surface area (TPSA) is 29.5 Å². The lowest BCUT2D eigenvalue weighted by molar-refractivity contribution is 0.0832. The maximum atomic E-state index is 11.9. The zero-order valence-corrected chi connectivity index (χ0v) is 13.0. The molecule has 4 heteroatoms. The van der Waals surface area contributed by atoms with Crippen molar-refractivity contribution in [3.05, 3.63) is 46.8 Å². The second-order valence-corrected chi connectivity index (χ2v) is 5.95. The molecule has 0 radical (unpaired) electrons. The first-order chi connectivity index (χ1) is 9.52. The Kier molecular flexibility index (Phi) is 4.57. The highest BCUT2D eigenvalue weighted by Crippen LogP contribution is 2.30. The molecule has 2 rings (SSSR count). The lowest BCUT2D eigenvalue weighted by Crippen LogP contribution is -2.20. The van der Waals surface area contributed by atoms with Gasteiger partial charge < -0.3 is 9.64 Å². The van der Waals surface area contributed by atoms with E-state index in [9.17, 15) is 4.79 Å². The Labute approximate surface area is 123 Å². The maximum absolute atomic E-state index is 11.9. The highest BCUT2D eigenvalue weighted by Gasteiger charge is 2.12. The molecule has 1 unspecified atom stereocenters. The van der Waals surface area contributed by atoms with Gasteiger partial charge in [0.1, 0.15) is 0 Å². The zero-order valence-electron chi connectivity index (χ0n) is 12.2. The number of hydrogen-bond acceptors (Lipinski definition) is 3. The molecule has 1 atom stereocenters. The van der Waals surface area contributed by atoms with Crippen LogP contribution in [0, 0.1) is 0 Å². The lowest BCUT2D eigenvalue weighted by atomic mass is 10.1. The average Bonchev–Trinajstić information content (AvgIpc) is 2.95. The van der Waals surface area contributed by atoms with Crippen molar-refractivity contribution in [1.29, 1.82) is 0 Å². The molecule has 3 nitrogen and oxygen atoms in total. The number of benzene rings is 1. The van der Waals surface area contributed by atoms with Gasteiger partial charge in [-0.2, -0.15) is 0 Å². The maximum Gasteiger partial charge on any atom is 0.263 e. The quantitative estimate of drug-likeness (QED) is 0.856. The first kappa shape index (κ1) is 14.8. The van der Waals surface area contributed by atoms with E-state index in [1.165, 1.54) is 11.3 Å². The Hall–Kier alpha value is -1.65. The molecule has 2 aromatic rings. The summed E-state index contributed by atoms with van der Waals surface area (Å²) in [7, 11) is 5.24. The Balaban J connectivity index is 2.31. The van der Waals surface area contributed by atoms with Gasteiger partial charge in [-0.3, -0.25) is 4.79 Å². The lowest BCUT2D eigenvalue weighted by Gasteiger charge is -2.10. The van der Waals surface area contributed by atoms with Crippen LogP contribution in [0.3, 0.4) is 0 Å². The third kappa shape index (κ3) is 3.08. The molecule has 0 fully saturated rings. The minimum absolute atomic E-state index is 0.0441. The number of carbonyl (C=O) groups excluding carboxylic acids is 1. The van der Waals surface area contributed by atoms with E-state index in [1.807, 2.05) is 25.1 Å². The molecular weight excluding hydrogens is 270 g/mol. The summed E-state index contributed by atoms with van der Waals surface area (Å²) in [6, 6.07) is 12.1. The number of nitrogens with zero attached hydrogens (tertiary/aromatic N) is 1. The molecule has 0 aliphatic heterocycles. The average molecular weight is 289 g/mol. The highest BCUT2D eigenvalue weighted by atomic mass is 32.1. The number of rotatable bonds is 4. The number of carbonyl (C=O) groups is 1. The zero-order chi connectivity index (χ0) is 14.7. The number of hydrogen-bond donors (Lipinski definition) is 0. The van der Waals surface area contributed by atoms with Gasteiger partial charge in [-0.05, 0) is 36.2 Å². The van der Waals surface area contributed by atoms with Gasteiger partial charge in [-0.25, -0.2) is 0 Å². The standard InChI is InChI=1S/C16H19NO2S/c1-11(19-4)12-6-5-7-13(10-12)14-8-9-15(20-14)16(18)17(2)3/h5-11H,1-4H3. The number of ether oxygens (including phenoxy) is 1. The van der Waals surface area contributed by atoms with Gasteiger partial charge in [0.25, 0.3) is 5.91 Å². The van der Waals surface area contributed by atoms with Gasteiger partial charge in [0.15, 0.2) is 0 Å². The van der Waals surface area contributed by atoms with E-state index < -0.39 is 0 Å². The Morgan fingerprint density at radius 1 is 1.25 bits per heavy atom. The van der Waals surface area contributed by atoms with Gasteiger partial charge in [-0.1, -0.05) is 18.2 Å². The van der Waals surface area contributed by atoms with Crippen LogP contribution in [-0.2, 0) is 4.74 Å². The van der Waals surface area contributed by atoms with Crippen molar-refractivity contribution in [1.82, 2.24) is 4.90 Å². The largest absolute Gasteiger partial charge is 0.377 e. The van der Waals surface area contributed by atoms with Crippen LogP contribution in [0.5, 0.6) is 0 Å². The highest BCUT2D eigenvalue weighted by molar-refractivity contribution is 7.17.